The third-order valence-electron chi connectivity index (χ3n) is 2.44. The van der Waals surface area contributed by atoms with Gasteiger partial charge in [-0.1, -0.05) is 25.5 Å². The Morgan fingerprint density at radius 3 is 2.59 bits per heavy atom. The van der Waals surface area contributed by atoms with Gasteiger partial charge in [-0.3, -0.25) is 4.72 Å². The van der Waals surface area contributed by atoms with Crippen LogP contribution >= 0.6 is 0 Å². The maximum Gasteiger partial charge on any atom is 0.301 e. The normalized spacial score (nSPS) is 11.7. The van der Waals surface area contributed by atoms with Crippen LogP contribution in [0.1, 0.15) is 19.8 Å². The molecule has 0 aromatic heterocycles. The van der Waals surface area contributed by atoms with E-state index in [2.05, 4.69) is 4.72 Å². The first-order chi connectivity index (χ1) is 7.97. The smallest absolute Gasteiger partial charge is 0.301 e. The van der Waals surface area contributed by atoms with Gasteiger partial charge in [0, 0.05) is 13.6 Å². The van der Waals surface area contributed by atoms with Crippen molar-refractivity contribution >= 4 is 21.6 Å². The van der Waals surface area contributed by atoms with Gasteiger partial charge in [0.15, 0.2) is 0 Å². The van der Waals surface area contributed by atoms with Gasteiger partial charge in [-0.2, -0.15) is 12.7 Å². The molecule has 0 saturated heterocycles. The Balaban J connectivity index is 2.76. The number of benzene rings is 1. The van der Waals surface area contributed by atoms with E-state index in [0.717, 1.165) is 12.8 Å². The Morgan fingerprint density at radius 1 is 1.35 bits per heavy atom. The van der Waals surface area contributed by atoms with Crippen molar-refractivity contribution in [3.63, 3.8) is 0 Å². The number of rotatable bonds is 6. The van der Waals surface area contributed by atoms with Crippen LogP contribution < -0.4 is 10.5 Å². The minimum absolute atomic E-state index is 0.413. The number of anilines is 2. The molecule has 17 heavy (non-hydrogen) atoms. The predicted octanol–water partition coefficient (Wildman–Crippen LogP) is 1.66. The first-order valence-electron chi connectivity index (χ1n) is 5.56. The first-order valence-corrected chi connectivity index (χ1v) is 7.00. The number of nitrogens with one attached hydrogen (secondary N) is 1. The summed E-state index contributed by atoms with van der Waals surface area (Å²) in [5.41, 5.74) is 6.51. The van der Waals surface area contributed by atoms with E-state index in [-0.39, 0.29) is 0 Å². The zero-order chi connectivity index (χ0) is 12.9. The number of nitrogen functional groups attached to an aromatic ring is 1. The van der Waals surface area contributed by atoms with Crippen LogP contribution in [0, 0.1) is 0 Å². The number of nitrogens with zero attached hydrogens (tertiary/aromatic N) is 1. The van der Waals surface area contributed by atoms with Gasteiger partial charge < -0.3 is 5.73 Å². The quantitative estimate of drug-likeness (QED) is 0.761. The predicted molar refractivity (Wildman–Crippen MR) is 70.9 cm³/mol. The molecular weight excluding hydrogens is 238 g/mol. The molecule has 0 bridgehead atoms. The molecule has 1 aromatic rings. The third-order valence-corrected chi connectivity index (χ3v) is 3.92. The highest BCUT2D eigenvalue weighted by molar-refractivity contribution is 7.90. The Hall–Kier alpha value is -1.27. The molecule has 3 N–H and O–H groups in total. The van der Waals surface area contributed by atoms with Gasteiger partial charge in [0.05, 0.1) is 11.4 Å². The van der Waals surface area contributed by atoms with E-state index in [1.54, 1.807) is 31.3 Å². The number of unbranched alkanes of at least 4 members (excludes halogenated alkanes) is 1. The molecule has 0 heterocycles. The van der Waals surface area contributed by atoms with E-state index < -0.39 is 10.2 Å². The summed E-state index contributed by atoms with van der Waals surface area (Å²) in [6.45, 7) is 2.52. The van der Waals surface area contributed by atoms with Crippen LogP contribution in [0.4, 0.5) is 11.4 Å². The van der Waals surface area contributed by atoms with E-state index in [0.29, 0.717) is 17.9 Å². The SMILES string of the molecule is CCCCN(C)S(=O)(=O)Nc1ccccc1N. The Bertz CT molecular complexity index is 460. The van der Waals surface area contributed by atoms with Crippen molar-refractivity contribution in [2.45, 2.75) is 19.8 Å². The van der Waals surface area contributed by atoms with E-state index in [1.807, 2.05) is 6.92 Å². The lowest BCUT2D eigenvalue weighted by molar-refractivity contribution is 0.463. The molecule has 0 fully saturated rings. The molecule has 0 aliphatic rings. The van der Waals surface area contributed by atoms with Crippen LogP contribution in [-0.4, -0.2) is 26.3 Å². The number of nitrogens with two attached hydrogens (primary N) is 1. The Labute approximate surface area is 103 Å². The maximum atomic E-state index is 11.9. The van der Waals surface area contributed by atoms with E-state index in [9.17, 15) is 8.42 Å². The first kappa shape index (κ1) is 13.8. The van der Waals surface area contributed by atoms with Gasteiger partial charge in [0.2, 0.25) is 0 Å². The van der Waals surface area contributed by atoms with Gasteiger partial charge in [-0.25, -0.2) is 0 Å². The molecule has 1 aromatic carbocycles. The molecule has 5 nitrogen and oxygen atoms in total. The van der Waals surface area contributed by atoms with Crippen molar-refractivity contribution in [3.8, 4) is 0 Å². The summed E-state index contributed by atoms with van der Waals surface area (Å²) in [6.07, 6.45) is 1.79. The Kier molecular flexibility index (Phi) is 4.77. The molecule has 0 aliphatic carbocycles. The molecule has 0 saturated carbocycles. The second kappa shape index (κ2) is 5.88. The summed E-state index contributed by atoms with van der Waals surface area (Å²) < 4.78 is 27.6. The Morgan fingerprint density at radius 2 is 2.00 bits per heavy atom. The van der Waals surface area contributed by atoms with Gasteiger partial charge in [0.1, 0.15) is 0 Å². The lowest BCUT2D eigenvalue weighted by atomic mass is 10.3. The number of hydrogen-bond acceptors (Lipinski definition) is 3. The third kappa shape index (κ3) is 3.90. The zero-order valence-corrected chi connectivity index (χ0v) is 11.0. The van der Waals surface area contributed by atoms with E-state index >= 15 is 0 Å². The monoisotopic (exact) mass is 257 g/mol. The maximum absolute atomic E-state index is 11.9. The summed E-state index contributed by atoms with van der Waals surface area (Å²) in [6, 6.07) is 6.79. The van der Waals surface area contributed by atoms with E-state index in [4.69, 9.17) is 5.73 Å². The van der Waals surface area contributed by atoms with Crippen LogP contribution in [0.5, 0.6) is 0 Å². The highest BCUT2D eigenvalue weighted by Crippen LogP contribution is 2.19. The van der Waals surface area contributed by atoms with Gasteiger partial charge in [0.25, 0.3) is 0 Å². The van der Waals surface area contributed by atoms with Gasteiger partial charge in [-0.05, 0) is 18.6 Å². The van der Waals surface area contributed by atoms with Crippen LogP contribution in [0.15, 0.2) is 24.3 Å². The van der Waals surface area contributed by atoms with Crippen molar-refractivity contribution in [3.05, 3.63) is 24.3 Å². The summed E-state index contributed by atoms with van der Waals surface area (Å²) >= 11 is 0. The van der Waals surface area contributed by atoms with E-state index in [1.165, 1.54) is 4.31 Å². The van der Waals surface area contributed by atoms with Crippen LogP contribution in [-0.2, 0) is 10.2 Å². The minimum Gasteiger partial charge on any atom is -0.397 e. The summed E-state index contributed by atoms with van der Waals surface area (Å²) in [7, 11) is -1.95. The average molecular weight is 257 g/mol. The van der Waals surface area contributed by atoms with Gasteiger partial charge in [-0.15, -0.1) is 0 Å². The van der Waals surface area contributed by atoms with Crippen molar-refractivity contribution in [1.29, 1.82) is 0 Å². The topological polar surface area (TPSA) is 75.4 Å². The van der Waals surface area contributed by atoms with Crippen LogP contribution in [0.3, 0.4) is 0 Å². The lowest BCUT2D eigenvalue weighted by Crippen LogP contribution is -2.33. The zero-order valence-electron chi connectivity index (χ0n) is 10.2. The molecule has 0 radical (unpaired) electrons. The molecule has 0 atom stereocenters. The molecule has 1 rings (SSSR count). The molecule has 96 valence electrons. The molecule has 6 heteroatoms. The highest BCUT2D eigenvalue weighted by Gasteiger charge is 2.17. The number of para-hydroxylation sites is 2. The fourth-order valence-electron chi connectivity index (χ4n) is 1.31. The van der Waals surface area contributed by atoms with Crippen molar-refractivity contribution in [2.75, 3.05) is 24.0 Å². The second-order valence-corrected chi connectivity index (χ2v) is 5.65. The highest BCUT2D eigenvalue weighted by atomic mass is 32.2. The number of hydrogen-bond donors (Lipinski definition) is 2. The largest absolute Gasteiger partial charge is 0.397 e. The van der Waals surface area contributed by atoms with Crippen molar-refractivity contribution in [2.24, 2.45) is 0 Å². The average Bonchev–Trinajstić information content (AvgIpc) is 2.28. The lowest BCUT2D eigenvalue weighted by Gasteiger charge is -2.18. The molecule has 0 aliphatic heterocycles. The van der Waals surface area contributed by atoms with Crippen molar-refractivity contribution < 1.29 is 8.42 Å². The molecule has 0 amide bonds. The molecule has 0 unspecified atom stereocenters. The standard InChI is InChI=1S/C11H19N3O2S/c1-3-4-9-14(2)17(15,16)13-11-8-6-5-7-10(11)12/h5-8,13H,3-4,9,12H2,1-2H3. The second-order valence-electron chi connectivity index (χ2n) is 3.87. The molecular formula is C11H19N3O2S. The summed E-state index contributed by atoms with van der Waals surface area (Å²) in [4.78, 5) is 0. The van der Waals surface area contributed by atoms with Crippen molar-refractivity contribution in [1.82, 2.24) is 4.31 Å². The minimum atomic E-state index is -3.50. The van der Waals surface area contributed by atoms with Crippen LogP contribution in [0.2, 0.25) is 0 Å². The molecule has 0 spiro atoms. The fourth-order valence-corrected chi connectivity index (χ4v) is 2.30. The summed E-state index contributed by atoms with van der Waals surface area (Å²) in [5, 5.41) is 0. The van der Waals surface area contributed by atoms with Gasteiger partial charge >= 0.3 is 10.2 Å². The summed E-state index contributed by atoms with van der Waals surface area (Å²) in [5.74, 6) is 0. The van der Waals surface area contributed by atoms with Crippen LogP contribution in [0.25, 0.3) is 0 Å². The fraction of sp³-hybridized carbons (Fsp3) is 0.455.